The topological polar surface area (TPSA) is 94.3 Å². The molecule has 0 saturated heterocycles. The zero-order valence-electron chi connectivity index (χ0n) is 20.6. The van der Waals surface area contributed by atoms with Crippen molar-refractivity contribution in [1.82, 2.24) is 10.3 Å². The summed E-state index contributed by atoms with van der Waals surface area (Å²) < 4.78 is 5.46. The van der Waals surface area contributed by atoms with Gasteiger partial charge in [-0.05, 0) is 69.0 Å². The van der Waals surface area contributed by atoms with E-state index in [0.717, 1.165) is 57.3 Å². The SMILES string of the molecule is CCCc1nc2ccc(/C=C/C(N)=O)cc2c(-c2ccc(C)cc2)c1CNC(=O)OC(C)(C)C. The first-order valence-corrected chi connectivity index (χ1v) is 11.5. The van der Waals surface area contributed by atoms with Gasteiger partial charge < -0.3 is 15.8 Å². The molecule has 2 aromatic carbocycles. The number of nitrogens with zero attached hydrogens (tertiary/aromatic N) is 1. The van der Waals surface area contributed by atoms with E-state index in [1.807, 2.05) is 39.0 Å². The molecule has 0 fully saturated rings. The number of primary amides is 1. The normalized spacial score (nSPS) is 11.7. The van der Waals surface area contributed by atoms with Crippen LogP contribution in [-0.4, -0.2) is 22.6 Å². The molecular formula is C28H33N3O3. The molecule has 0 atom stereocenters. The second-order valence-electron chi connectivity index (χ2n) is 9.40. The van der Waals surface area contributed by atoms with Crippen LogP contribution in [0.5, 0.6) is 0 Å². The first kappa shape index (κ1) is 25.0. The minimum Gasteiger partial charge on any atom is -0.444 e. The van der Waals surface area contributed by atoms with Crippen LogP contribution in [0.25, 0.3) is 28.1 Å². The fraction of sp³-hybridized carbons (Fsp3) is 0.321. The van der Waals surface area contributed by atoms with Crippen molar-refractivity contribution in [2.24, 2.45) is 5.73 Å². The summed E-state index contributed by atoms with van der Waals surface area (Å²) in [5.74, 6) is -0.502. The molecule has 6 nitrogen and oxygen atoms in total. The first-order chi connectivity index (χ1) is 16.1. The van der Waals surface area contributed by atoms with E-state index in [-0.39, 0.29) is 6.54 Å². The Morgan fingerprint density at radius 1 is 1.12 bits per heavy atom. The molecule has 3 aromatic rings. The molecular weight excluding hydrogens is 426 g/mol. The number of aromatic nitrogens is 1. The molecule has 0 spiro atoms. The number of carbonyl (C=O) groups excluding carboxylic acids is 2. The van der Waals surface area contributed by atoms with E-state index in [1.54, 1.807) is 6.08 Å². The van der Waals surface area contributed by atoms with Crippen LogP contribution in [0, 0.1) is 6.92 Å². The number of ether oxygens (including phenoxy) is 1. The van der Waals surface area contributed by atoms with E-state index >= 15 is 0 Å². The zero-order valence-corrected chi connectivity index (χ0v) is 20.6. The van der Waals surface area contributed by atoms with Gasteiger partial charge >= 0.3 is 6.09 Å². The van der Waals surface area contributed by atoms with E-state index in [1.165, 1.54) is 6.08 Å². The van der Waals surface area contributed by atoms with Crippen molar-refractivity contribution in [3.8, 4) is 11.1 Å². The largest absolute Gasteiger partial charge is 0.444 e. The van der Waals surface area contributed by atoms with Crippen LogP contribution in [0.4, 0.5) is 4.79 Å². The van der Waals surface area contributed by atoms with Crippen LogP contribution in [-0.2, 0) is 22.5 Å². The van der Waals surface area contributed by atoms with Crippen LogP contribution >= 0.6 is 0 Å². The van der Waals surface area contributed by atoms with Gasteiger partial charge in [-0.25, -0.2) is 4.79 Å². The third-order valence-electron chi connectivity index (χ3n) is 5.27. The maximum Gasteiger partial charge on any atom is 0.407 e. The van der Waals surface area contributed by atoms with E-state index in [4.69, 9.17) is 15.5 Å². The van der Waals surface area contributed by atoms with Crippen molar-refractivity contribution in [2.45, 2.75) is 59.6 Å². The molecule has 0 aliphatic heterocycles. The van der Waals surface area contributed by atoms with E-state index in [2.05, 4.69) is 43.4 Å². The molecule has 3 rings (SSSR count). The number of pyridine rings is 1. The smallest absolute Gasteiger partial charge is 0.407 e. The van der Waals surface area contributed by atoms with Gasteiger partial charge in [-0.3, -0.25) is 9.78 Å². The lowest BCUT2D eigenvalue weighted by atomic mass is 9.91. The molecule has 6 heteroatoms. The Morgan fingerprint density at radius 3 is 2.44 bits per heavy atom. The molecule has 0 radical (unpaired) electrons. The first-order valence-electron chi connectivity index (χ1n) is 11.5. The molecule has 0 aliphatic carbocycles. The fourth-order valence-corrected chi connectivity index (χ4v) is 3.81. The highest BCUT2D eigenvalue weighted by Crippen LogP contribution is 2.35. The average molecular weight is 460 g/mol. The summed E-state index contributed by atoms with van der Waals surface area (Å²) in [6.45, 7) is 9.97. The highest BCUT2D eigenvalue weighted by Gasteiger charge is 2.20. The molecule has 0 unspecified atom stereocenters. The molecule has 0 saturated carbocycles. The van der Waals surface area contributed by atoms with Gasteiger partial charge in [0.1, 0.15) is 5.60 Å². The van der Waals surface area contributed by atoms with Gasteiger partial charge in [0.25, 0.3) is 0 Å². The molecule has 0 bridgehead atoms. The third-order valence-corrected chi connectivity index (χ3v) is 5.27. The van der Waals surface area contributed by atoms with Gasteiger partial charge in [0.2, 0.25) is 5.91 Å². The Morgan fingerprint density at radius 2 is 1.82 bits per heavy atom. The molecule has 34 heavy (non-hydrogen) atoms. The van der Waals surface area contributed by atoms with Gasteiger partial charge in [0, 0.05) is 29.3 Å². The Hall–Kier alpha value is -3.67. The Labute approximate surface area is 201 Å². The monoisotopic (exact) mass is 459 g/mol. The Balaban J connectivity index is 2.21. The summed E-state index contributed by atoms with van der Waals surface area (Å²) in [6.07, 6.45) is 4.27. The number of amides is 2. The summed E-state index contributed by atoms with van der Waals surface area (Å²) in [5, 5.41) is 3.86. The standard InChI is InChI=1S/C28H33N3O3/c1-6-7-23-22(17-30-27(33)34-28(3,4)5)26(20-12-8-18(2)9-13-20)21-16-19(11-15-25(29)32)10-14-24(21)31-23/h8-16H,6-7,17H2,1-5H3,(H2,29,32)(H,30,33)/b15-11+. The number of hydrogen-bond donors (Lipinski definition) is 2. The summed E-state index contributed by atoms with van der Waals surface area (Å²) in [7, 11) is 0. The summed E-state index contributed by atoms with van der Waals surface area (Å²) >= 11 is 0. The minimum atomic E-state index is -0.584. The third kappa shape index (κ3) is 6.44. The van der Waals surface area contributed by atoms with Crippen LogP contribution in [0.2, 0.25) is 0 Å². The van der Waals surface area contributed by atoms with Gasteiger partial charge in [0.15, 0.2) is 0 Å². The van der Waals surface area contributed by atoms with Crippen LogP contribution in [0.15, 0.2) is 48.5 Å². The van der Waals surface area contributed by atoms with Crippen LogP contribution < -0.4 is 11.1 Å². The maximum atomic E-state index is 12.5. The van der Waals surface area contributed by atoms with E-state index < -0.39 is 17.6 Å². The number of rotatable bonds is 7. The lowest BCUT2D eigenvalue weighted by Gasteiger charge is -2.22. The summed E-state index contributed by atoms with van der Waals surface area (Å²) in [6, 6.07) is 14.2. The molecule has 1 aromatic heterocycles. The summed E-state index contributed by atoms with van der Waals surface area (Å²) in [5.41, 5.74) is 11.5. The van der Waals surface area contributed by atoms with Gasteiger partial charge in [0.05, 0.1) is 5.52 Å². The number of aryl methyl sites for hydroxylation is 2. The zero-order chi connectivity index (χ0) is 24.9. The van der Waals surface area contributed by atoms with Gasteiger partial charge in [-0.2, -0.15) is 0 Å². The lowest BCUT2D eigenvalue weighted by molar-refractivity contribution is -0.113. The number of benzene rings is 2. The van der Waals surface area contributed by atoms with Crippen molar-refractivity contribution >= 4 is 29.0 Å². The molecule has 0 aliphatic rings. The van der Waals surface area contributed by atoms with E-state index in [9.17, 15) is 9.59 Å². The molecule has 2 amide bonds. The highest BCUT2D eigenvalue weighted by molar-refractivity contribution is 5.98. The number of hydrogen-bond acceptors (Lipinski definition) is 4. The quantitative estimate of drug-likeness (QED) is 0.444. The second kappa shape index (κ2) is 10.5. The number of carbonyl (C=O) groups is 2. The minimum absolute atomic E-state index is 0.289. The van der Waals surface area contributed by atoms with Gasteiger partial charge in [-0.15, -0.1) is 0 Å². The van der Waals surface area contributed by atoms with Crippen LogP contribution in [0.1, 0.15) is 56.5 Å². The maximum absolute atomic E-state index is 12.5. The summed E-state index contributed by atoms with van der Waals surface area (Å²) in [4.78, 5) is 28.6. The molecule has 1 heterocycles. The Kier molecular flexibility index (Phi) is 7.72. The predicted octanol–water partition coefficient (Wildman–Crippen LogP) is 5.69. The van der Waals surface area contributed by atoms with Crippen molar-refractivity contribution in [3.63, 3.8) is 0 Å². The van der Waals surface area contributed by atoms with Crippen molar-refractivity contribution in [3.05, 3.63) is 70.9 Å². The molecule has 3 N–H and O–H groups in total. The van der Waals surface area contributed by atoms with Crippen molar-refractivity contribution in [2.75, 3.05) is 0 Å². The lowest BCUT2D eigenvalue weighted by Crippen LogP contribution is -2.32. The van der Waals surface area contributed by atoms with Crippen molar-refractivity contribution < 1.29 is 14.3 Å². The number of nitrogens with one attached hydrogen (secondary N) is 1. The van der Waals surface area contributed by atoms with Crippen LogP contribution in [0.3, 0.4) is 0 Å². The second-order valence-corrected chi connectivity index (χ2v) is 9.40. The van der Waals surface area contributed by atoms with Crippen molar-refractivity contribution in [1.29, 1.82) is 0 Å². The van der Waals surface area contributed by atoms with E-state index in [0.29, 0.717) is 0 Å². The molecule has 178 valence electrons. The number of fused-ring (bicyclic) bond motifs is 1. The number of alkyl carbamates (subject to hydrolysis) is 1. The number of nitrogens with two attached hydrogens (primary N) is 1. The average Bonchev–Trinajstić information content (AvgIpc) is 2.75. The predicted molar refractivity (Wildman–Crippen MR) is 137 cm³/mol. The highest BCUT2D eigenvalue weighted by atomic mass is 16.6. The Bertz CT molecular complexity index is 1220. The van der Waals surface area contributed by atoms with Gasteiger partial charge in [-0.1, -0.05) is 49.2 Å². The fourth-order valence-electron chi connectivity index (χ4n) is 3.81.